The standard InChI is InChI=1S/C16H12N2O6/c1-10-8-11(18(22)23)6-7-14(10)17-15(20)12-4-2-3-5-13(12)16(21)24-9-19/h2-9H,1H3,(H,17,20). The number of nitro benzene ring substituents is 1. The number of anilines is 1. The molecular weight excluding hydrogens is 316 g/mol. The van der Waals surface area contributed by atoms with Crippen molar-refractivity contribution in [2.45, 2.75) is 6.92 Å². The zero-order valence-electron chi connectivity index (χ0n) is 12.5. The molecule has 24 heavy (non-hydrogen) atoms. The van der Waals surface area contributed by atoms with Gasteiger partial charge in [-0.05, 0) is 30.7 Å². The number of nitrogens with one attached hydrogen (secondary N) is 1. The Labute approximate surface area is 136 Å². The molecule has 0 heterocycles. The number of nitrogens with zero attached hydrogens (tertiary/aromatic N) is 1. The van der Waals surface area contributed by atoms with Crippen LogP contribution in [0.25, 0.3) is 0 Å². The van der Waals surface area contributed by atoms with Crippen molar-refractivity contribution in [1.82, 2.24) is 0 Å². The average Bonchev–Trinajstić information content (AvgIpc) is 2.56. The van der Waals surface area contributed by atoms with Crippen molar-refractivity contribution in [3.63, 3.8) is 0 Å². The van der Waals surface area contributed by atoms with Crippen molar-refractivity contribution in [2.75, 3.05) is 5.32 Å². The molecule has 0 atom stereocenters. The number of carbonyl (C=O) groups excluding carboxylic acids is 3. The van der Waals surface area contributed by atoms with Gasteiger partial charge in [-0.15, -0.1) is 0 Å². The number of esters is 1. The third-order valence-corrected chi connectivity index (χ3v) is 3.22. The van der Waals surface area contributed by atoms with Crippen LogP contribution in [-0.2, 0) is 9.53 Å². The number of non-ortho nitro benzene ring substituents is 1. The largest absolute Gasteiger partial charge is 0.392 e. The van der Waals surface area contributed by atoms with E-state index in [0.29, 0.717) is 11.3 Å². The van der Waals surface area contributed by atoms with Crippen molar-refractivity contribution in [1.29, 1.82) is 0 Å². The summed E-state index contributed by atoms with van der Waals surface area (Å²) in [7, 11) is 0. The molecule has 0 bridgehead atoms. The molecule has 0 saturated carbocycles. The van der Waals surface area contributed by atoms with Crippen LogP contribution >= 0.6 is 0 Å². The monoisotopic (exact) mass is 328 g/mol. The first-order valence-electron chi connectivity index (χ1n) is 6.74. The molecule has 122 valence electrons. The lowest BCUT2D eigenvalue weighted by Crippen LogP contribution is -2.18. The Bertz CT molecular complexity index is 831. The number of aryl methyl sites for hydroxylation is 1. The van der Waals surface area contributed by atoms with E-state index in [1.807, 2.05) is 0 Å². The Hall–Kier alpha value is -3.55. The van der Waals surface area contributed by atoms with Gasteiger partial charge in [0, 0.05) is 17.8 Å². The smallest absolute Gasteiger partial charge is 0.346 e. The number of carbonyl (C=O) groups is 3. The zero-order chi connectivity index (χ0) is 17.7. The van der Waals surface area contributed by atoms with Crippen LogP contribution in [0.3, 0.4) is 0 Å². The maximum atomic E-state index is 12.4. The van der Waals surface area contributed by atoms with Gasteiger partial charge < -0.3 is 10.1 Å². The summed E-state index contributed by atoms with van der Waals surface area (Å²) in [6.07, 6.45) is 0. The summed E-state index contributed by atoms with van der Waals surface area (Å²) < 4.78 is 4.26. The minimum absolute atomic E-state index is 0.0158. The summed E-state index contributed by atoms with van der Waals surface area (Å²) in [5, 5.41) is 13.3. The molecule has 0 saturated heterocycles. The third kappa shape index (κ3) is 3.61. The molecule has 8 nitrogen and oxygen atoms in total. The van der Waals surface area contributed by atoms with Crippen LogP contribution in [0, 0.1) is 17.0 Å². The number of nitro groups is 1. The summed E-state index contributed by atoms with van der Waals surface area (Å²) >= 11 is 0. The predicted molar refractivity (Wildman–Crippen MR) is 83.7 cm³/mol. The highest BCUT2D eigenvalue weighted by Crippen LogP contribution is 2.22. The van der Waals surface area contributed by atoms with Gasteiger partial charge in [0.15, 0.2) is 0 Å². The van der Waals surface area contributed by atoms with Crippen LogP contribution in [-0.4, -0.2) is 23.3 Å². The van der Waals surface area contributed by atoms with Crippen molar-refractivity contribution < 1.29 is 24.0 Å². The second-order valence-corrected chi connectivity index (χ2v) is 4.76. The van der Waals surface area contributed by atoms with Gasteiger partial charge in [0.1, 0.15) is 0 Å². The first-order valence-corrected chi connectivity index (χ1v) is 6.74. The van der Waals surface area contributed by atoms with Crippen molar-refractivity contribution in [3.05, 3.63) is 69.3 Å². The number of ether oxygens (including phenoxy) is 1. The lowest BCUT2D eigenvalue weighted by atomic mass is 10.1. The molecule has 1 N–H and O–H groups in total. The van der Waals surface area contributed by atoms with Crippen LogP contribution in [0.4, 0.5) is 11.4 Å². The summed E-state index contributed by atoms with van der Waals surface area (Å²) in [5.74, 6) is -1.55. The van der Waals surface area contributed by atoms with Gasteiger partial charge in [0.25, 0.3) is 11.6 Å². The first-order chi connectivity index (χ1) is 11.4. The van der Waals surface area contributed by atoms with E-state index >= 15 is 0 Å². The number of rotatable bonds is 5. The highest BCUT2D eigenvalue weighted by Gasteiger charge is 2.19. The van der Waals surface area contributed by atoms with E-state index in [2.05, 4.69) is 10.1 Å². The van der Waals surface area contributed by atoms with Crippen molar-refractivity contribution in [2.24, 2.45) is 0 Å². The van der Waals surface area contributed by atoms with Crippen LogP contribution in [0.2, 0.25) is 0 Å². The normalized spacial score (nSPS) is 9.88. The fourth-order valence-electron chi connectivity index (χ4n) is 2.06. The van der Waals surface area contributed by atoms with E-state index in [1.165, 1.54) is 36.4 Å². The van der Waals surface area contributed by atoms with E-state index in [1.54, 1.807) is 13.0 Å². The number of hydrogen-bond acceptors (Lipinski definition) is 6. The number of benzene rings is 2. The van der Waals surface area contributed by atoms with Gasteiger partial charge >= 0.3 is 12.4 Å². The summed E-state index contributed by atoms with van der Waals surface area (Å²) in [6.45, 7) is 1.59. The van der Waals surface area contributed by atoms with E-state index in [9.17, 15) is 24.5 Å². The fourth-order valence-corrected chi connectivity index (χ4v) is 2.06. The van der Waals surface area contributed by atoms with E-state index in [4.69, 9.17) is 0 Å². The second kappa shape index (κ2) is 7.14. The lowest BCUT2D eigenvalue weighted by molar-refractivity contribution is -0.384. The topological polar surface area (TPSA) is 116 Å². The second-order valence-electron chi connectivity index (χ2n) is 4.76. The van der Waals surface area contributed by atoms with E-state index in [0.717, 1.165) is 0 Å². The van der Waals surface area contributed by atoms with Crippen molar-refractivity contribution in [3.8, 4) is 0 Å². The molecule has 0 aromatic heterocycles. The summed E-state index contributed by atoms with van der Waals surface area (Å²) in [6, 6.07) is 9.81. The minimum Gasteiger partial charge on any atom is -0.392 e. The highest BCUT2D eigenvalue weighted by atomic mass is 16.6. The lowest BCUT2D eigenvalue weighted by Gasteiger charge is -2.10. The molecule has 0 fully saturated rings. The molecule has 2 rings (SSSR count). The first kappa shape index (κ1) is 16.8. The number of hydrogen-bond donors (Lipinski definition) is 1. The molecule has 0 aliphatic heterocycles. The van der Waals surface area contributed by atoms with Gasteiger partial charge in [0.2, 0.25) is 0 Å². The molecule has 1 amide bonds. The van der Waals surface area contributed by atoms with Crippen LogP contribution in [0.1, 0.15) is 26.3 Å². The minimum atomic E-state index is -0.948. The Morgan fingerprint density at radius 2 is 1.83 bits per heavy atom. The van der Waals surface area contributed by atoms with Gasteiger partial charge in [-0.1, -0.05) is 12.1 Å². The Balaban J connectivity index is 2.29. The summed E-state index contributed by atoms with van der Waals surface area (Å²) in [5.41, 5.74) is 0.707. The zero-order valence-corrected chi connectivity index (χ0v) is 12.5. The Kier molecular flexibility index (Phi) is 5.00. The van der Waals surface area contributed by atoms with Crippen LogP contribution in [0.5, 0.6) is 0 Å². The molecule has 2 aromatic rings. The van der Waals surface area contributed by atoms with Crippen molar-refractivity contribution >= 4 is 29.7 Å². The van der Waals surface area contributed by atoms with Gasteiger partial charge in [-0.25, -0.2) is 4.79 Å². The molecular formula is C16H12N2O6. The molecule has 0 aliphatic carbocycles. The molecule has 2 aromatic carbocycles. The quantitative estimate of drug-likeness (QED) is 0.296. The third-order valence-electron chi connectivity index (χ3n) is 3.22. The maximum absolute atomic E-state index is 12.4. The van der Waals surface area contributed by atoms with Gasteiger partial charge in [-0.3, -0.25) is 19.7 Å². The molecule has 0 unspecified atom stereocenters. The fraction of sp³-hybridized carbons (Fsp3) is 0.0625. The molecule has 0 spiro atoms. The predicted octanol–water partition coefficient (Wildman–Crippen LogP) is 2.47. The van der Waals surface area contributed by atoms with Gasteiger partial charge in [-0.2, -0.15) is 0 Å². The van der Waals surface area contributed by atoms with E-state index in [-0.39, 0.29) is 23.3 Å². The van der Waals surface area contributed by atoms with Crippen LogP contribution < -0.4 is 5.32 Å². The molecule has 0 radical (unpaired) electrons. The summed E-state index contributed by atoms with van der Waals surface area (Å²) in [4.78, 5) is 44.6. The maximum Gasteiger partial charge on any atom is 0.346 e. The highest BCUT2D eigenvalue weighted by molar-refractivity contribution is 6.11. The van der Waals surface area contributed by atoms with Gasteiger partial charge in [0.05, 0.1) is 16.1 Å². The Morgan fingerprint density at radius 1 is 1.17 bits per heavy atom. The van der Waals surface area contributed by atoms with E-state index < -0.39 is 16.8 Å². The SMILES string of the molecule is Cc1cc([N+](=O)[O-])ccc1NC(=O)c1ccccc1C(=O)OC=O. The average molecular weight is 328 g/mol. The number of amides is 1. The molecule has 8 heteroatoms. The van der Waals surface area contributed by atoms with Crippen LogP contribution in [0.15, 0.2) is 42.5 Å². The Morgan fingerprint density at radius 3 is 2.42 bits per heavy atom. The molecule has 0 aliphatic rings.